The summed E-state index contributed by atoms with van der Waals surface area (Å²) >= 11 is 0. The third kappa shape index (κ3) is 8.43. The van der Waals surface area contributed by atoms with Crippen LogP contribution >= 0.6 is 0 Å². The van der Waals surface area contributed by atoms with E-state index in [1.807, 2.05) is 0 Å². The van der Waals surface area contributed by atoms with E-state index < -0.39 is 10.1 Å². The SMILES string of the molecule is CN(C)OS(=O)(=O)CCCCCCO. The number of hydroxylamine groups is 2. The van der Waals surface area contributed by atoms with Crippen molar-refractivity contribution >= 4 is 10.1 Å². The zero-order chi connectivity index (χ0) is 11.0. The zero-order valence-electron chi connectivity index (χ0n) is 8.77. The minimum atomic E-state index is -3.40. The van der Waals surface area contributed by atoms with Gasteiger partial charge in [0.15, 0.2) is 0 Å². The van der Waals surface area contributed by atoms with E-state index in [1.54, 1.807) is 0 Å². The molecule has 0 spiro atoms. The number of hydrogen-bond acceptors (Lipinski definition) is 5. The fourth-order valence-corrected chi connectivity index (χ4v) is 2.10. The van der Waals surface area contributed by atoms with E-state index in [0.29, 0.717) is 6.42 Å². The molecule has 86 valence electrons. The molecule has 0 saturated carbocycles. The monoisotopic (exact) mass is 225 g/mol. The molecule has 0 heterocycles. The van der Waals surface area contributed by atoms with Crippen LogP contribution in [0.5, 0.6) is 0 Å². The quantitative estimate of drug-likeness (QED) is 0.477. The van der Waals surface area contributed by atoms with Gasteiger partial charge < -0.3 is 5.11 Å². The first kappa shape index (κ1) is 13.8. The Morgan fingerprint density at radius 2 is 1.71 bits per heavy atom. The summed E-state index contributed by atoms with van der Waals surface area (Å²) in [6, 6.07) is 0. The molecular weight excluding hydrogens is 206 g/mol. The Balaban J connectivity index is 3.56. The van der Waals surface area contributed by atoms with Crippen LogP contribution in [0.15, 0.2) is 0 Å². The Bertz CT molecular complexity index is 225. The molecule has 5 nitrogen and oxygen atoms in total. The van der Waals surface area contributed by atoms with Gasteiger partial charge in [0, 0.05) is 20.7 Å². The van der Waals surface area contributed by atoms with Gasteiger partial charge in [-0.2, -0.15) is 17.8 Å². The van der Waals surface area contributed by atoms with Crippen molar-refractivity contribution in [3.63, 3.8) is 0 Å². The highest BCUT2D eigenvalue weighted by molar-refractivity contribution is 7.86. The molecule has 0 aliphatic rings. The van der Waals surface area contributed by atoms with E-state index in [2.05, 4.69) is 4.28 Å². The predicted molar refractivity (Wildman–Crippen MR) is 54.1 cm³/mol. The van der Waals surface area contributed by atoms with Crippen LogP contribution in [0.3, 0.4) is 0 Å². The summed E-state index contributed by atoms with van der Waals surface area (Å²) in [6.07, 6.45) is 2.97. The van der Waals surface area contributed by atoms with Crippen molar-refractivity contribution < 1.29 is 17.8 Å². The third-order valence-electron chi connectivity index (χ3n) is 1.57. The maximum absolute atomic E-state index is 11.2. The minimum absolute atomic E-state index is 0.0383. The highest BCUT2D eigenvalue weighted by Gasteiger charge is 2.11. The Labute approximate surface area is 85.7 Å². The van der Waals surface area contributed by atoms with Gasteiger partial charge in [-0.15, -0.1) is 0 Å². The number of aliphatic hydroxyl groups is 1. The van der Waals surface area contributed by atoms with Crippen molar-refractivity contribution in [2.24, 2.45) is 0 Å². The lowest BCUT2D eigenvalue weighted by Gasteiger charge is -2.09. The normalized spacial score (nSPS) is 12.3. The molecule has 0 unspecified atom stereocenters. The lowest BCUT2D eigenvalue weighted by atomic mass is 10.2. The molecule has 1 N–H and O–H groups in total. The van der Waals surface area contributed by atoms with Gasteiger partial charge in [-0.25, -0.2) is 0 Å². The lowest BCUT2D eigenvalue weighted by Crippen LogP contribution is -2.21. The Kier molecular flexibility index (Phi) is 7.08. The third-order valence-corrected chi connectivity index (χ3v) is 2.88. The molecule has 0 saturated heterocycles. The summed E-state index contributed by atoms with van der Waals surface area (Å²) in [5.41, 5.74) is 0. The van der Waals surface area contributed by atoms with Crippen LogP contribution in [0.1, 0.15) is 25.7 Å². The molecule has 0 rings (SSSR count). The summed E-state index contributed by atoms with van der Waals surface area (Å²) in [7, 11) is -0.342. The predicted octanol–water partition coefficient (Wildman–Crippen LogP) is 0.362. The molecule has 0 aliphatic carbocycles. The van der Waals surface area contributed by atoms with E-state index in [0.717, 1.165) is 19.3 Å². The van der Waals surface area contributed by atoms with Gasteiger partial charge >= 0.3 is 0 Å². The van der Waals surface area contributed by atoms with Crippen LogP contribution < -0.4 is 0 Å². The lowest BCUT2D eigenvalue weighted by molar-refractivity contribution is 0.00517. The average molecular weight is 225 g/mol. The molecule has 0 aromatic heterocycles. The van der Waals surface area contributed by atoms with Crippen LogP contribution in [0, 0.1) is 0 Å². The summed E-state index contributed by atoms with van der Waals surface area (Å²) < 4.78 is 26.9. The van der Waals surface area contributed by atoms with Crippen molar-refractivity contribution in [2.75, 3.05) is 26.5 Å². The van der Waals surface area contributed by atoms with Gasteiger partial charge in [0.05, 0.1) is 5.75 Å². The van der Waals surface area contributed by atoms with Crippen molar-refractivity contribution in [3.05, 3.63) is 0 Å². The molecule has 14 heavy (non-hydrogen) atoms. The number of rotatable bonds is 8. The first-order chi connectivity index (χ1) is 6.48. The van der Waals surface area contributed by atoms with Crippen LogP contribution in [0.25, 0.3) is 0 Å². The van der Waals surface area contributed by atoms with Crippen molar-refractivity contribution in [3.8, 4) is 0 Å². The van der Waals surface area contributed by atoms with E-state index in [4.69, 9.17) is 5.11 Å². The number of unbranched alkanes of at least 4 members (excludes halogenated alkanes) is 3. The molecular formula is C8H19NO4S. The number of hydrogen-bond donors (Lipinski definition) is 1. The van der Waals surface area contributed by atoms with Crippen LogP contribution in [0.4, 0.5) is 0 Å². The van der Waals surface area contributed by atoms with Gasteiger partial charge in [0.25, 0.3) is 10.1 Å². The summed E-state index contributed by atoms with van der Waals surface area (Å²) in [6.45, 7) is 0.168. The highest BCUT2D eigenvalue weighted by Crippen LogP contribution is 2.04. The number of aliphatic hydroxyl groups excluding tert-OH is 1. The Morgan fingerprint density at radius 3 is 2.21 bits per heavy atom. The van der Waals surface area contributed by atoms with Crippen LogP contribution in [-0.4, -0.2) is 45.0 Å². The standard InChI is InChI=1S/C8H19NO4S/c1-9(2)13-14(11,12)8-6-4-3-5-7-10/h10H,3-8H2,1-2H3. The van der Waals surface area contributed by atoms with Gasteiger partial charge in [0.1, 0.15) is 0 Å². The molecule has 0 atom stereocenters. The summed E-state index contributed by atoms with van der Waals surface area (Å²) in [5.74, 6) is 0.0383. The van der Waals surface area contributed by atoms with Gasteiger partial charge in [-0.3, -0.25) is 0 Å². The fraction of sp³-hybridized carbons (Fsp3) is 1.00. The van der Waals surface area contributed by atoms with Crippen LogP contribution in [0.2, 0.25) is 0 Å². The molecule has 0 amide bonds. The first-order valence-electron chi connectivity index (χ1n) is 4.68. The van der Waals surface area contributed by atoms with E-state index in [-0.39, 0.29) is 12.4 Å². The maximum atomic E-state index is 11.2. The van der Waals surface area contributed by atoms with Crippen molar-refractivity contribution in [1.29, 1.82) is 0 Å². The first-order valence-corrected chi connectivity index (χ1v) is 6.26. The molecule has 0 aliphatic heterocycles. The second-order valence-electron chi connectivity index (χ2n) is 3.29. The molecule has 0 aromatic rings. The maximum Gasteiger partial charge on any atom is 0.283 e. The van der Waals surface area contributed by atoms with Gasteiger partial charge in [-0.05, 0) is 12.8 Å². The van der Waals surface area contributed by atoms with Gasteiger partial charge in [-0.1, -0.05) is 12.8 Å². The molecule has 0 fully saturated rings. The number of nitrogens with zero attached hydrogens (tertiary/aromatic N) is 1. The second-order valence-corrected chi connectivity index (χ2v) is 4.96. The molecule has 0 aromatic carbocycles. The Morgan fingerprint density at radius 1 is 1.14 bits per heavy atom. The van der Waals surface area contributed by atoms with Gasteiger partial charge in [0.2, 0.25) is 0 Å². The smallest absolute Gasteiger partial charge is 0.283 e. The average Bonchev–Trinajstić information content (AvgIpc) is 2.01. The van der Waals surface area contributed by atoms with E-state index in [9.17, 15) is 8.42 Å². The van der Waals surface area contributed by atoms with Crippen molar-refractivity contribution in [1.82, 2.24) is 5.06 Å². The van der Waals surface area contributed by atoms with Crippen molar-refractivity contribution in [2.45, 2.75) is 25.7 Å². The summed E-state index contributed by atoms with van der Waals surface area (Å²) in [4.78, 5) is 0. The van der Waals surface area contributed by atoms with E-state index >= 15 is 0 Å². The highest BCUT2D eigenvalue weighted by atomic mass is 32.2. The Hall–Kier alpha value is -0.170. The second kappa shape index (κ2) is 7.17. The molecule has 0 bridgehead atoms. The zero-order valence-corrected chi connectivity index (χ0v) is 9.59. The van der Waals surface area contributed by atoms with E-state index in [1.165, 1.54) is 19.2 Å². The summed E-state index contributed by atoms with van der Waals surface area (Å²) in [5, 5.41) is 9.66. The minimum Gasteiger partial charge on any atom is -0.396 e. The van der Waals surface area contributed by atoms with Crippen LogP contribution in [-0.2, 0) is 14.4 Å². The molecule has 0 radical (unpaired) electrons. The fourth-order valence-electron chi connectivity index (χ4n) is 1.01. The largest absolute Gasteiger partial charge is 0.396 e. The molecule has 6 heteroatoms. The topological polar surface area (TPSA) is 66.8 Å².